The number of methoxy groups -OCH3 is 2. The summed E-state index contributed by atoms with van der Waals surface area (Å²) in [5, 5.41) is 11.0. The van der Waals surface area contributed by atoms with E-state index in [9.17, 15) is 9.90 Å². The minimum absolute atomic E-state index is 0.271. The van der Waals surface area contributed by atoms with E-state index in [-0.39, 0.29) is 5.95 Å². The van der Waals surface area contributed by atoms with Crippen LogP contribution >= 0.6 is 0 Å². The number of ether oxygens (including phenoxy) is 4. The van der Waals surface area contributed by atoms with Crippen molar-refractivity contribution in [3.8, 4) is 17.2 Å². The summed E-state index contributed by atoms with van der Waals surface area (Å²) in [6, 6.07) is 10.6. The van der Waals surface area contributed by atoms with Crippen molar-refractivity contribution in [2.75, 3.05) is 20.8 Å². The summed E-state index contributed by atoms with van der Waals surface area (Å²) in [6.07, 6.45) is 5.78. The lowest BCUT2D eigenvalue weighted by molar-refractivity contribution is 0.0520. The lowest BCUT2D eigenvalue weighted by atomic mass is 10.0. The van der Waals surface area contributed by atoms with Gasteiger partial charge in [0.2, 0.25) is 0 Å². The largest absolute Gasteiger partial charge is 0.497 e. The van der Waals surface area contributed by atoms with E-state index >= 15 is 0 Å². The molecule has 7 nitrogen and oxygen atoms in total. The number of allylic oxidation sites excluding steroid dienone is 2. The number of benzene rings is 2. The van der Waals surface area contributed by atoms with Crippen LogP contribution in [0.5, 0.6) is 17.2 Å². The Labute approximate surface area is 186 Å². The van der Waals surface area contributed by atoms with Crippen molar-refractivity contribution in [1.29, 1.82) is 0 Å². The quantitative estimate of drug-likeness (QED) is 0.264. The van der Waals surface area contributed by atoms with E-state index in [0.717, 1.165) is 34.2 Å². The van der Waals surface area contributed by atoms with Crippen molar-refractivity contribution in [2.24, 2.45) is 0 Å². The number of aryl methyl sites for hydroxylation is 1. The fraction of sp³-hybridized carbons (Fsp3) is 0.240. The van der Waals surface area contributed by atoms with Crippen molar-refractivity contribution >= 4 is 22.9 Å². The van der Waals surface area contributed by atoms with Gasteiger partial charge < -0.3 is 29.0 Å². The molecule has 0 unspecified atom stereocenters. The predicted molar refractivity (Wildman–Crippen MR) is 124 cm³/mol. The number of hydrogen-bond acceptors (Lipinski definition) is 6. The molecule has 0 aliphatic heterocycles. The van der Waals surface area contributed by atoms with Crippen LogP contribution in [0.3, 0.4) is 0 Å². The van der Waals surface area contributed by atoms with Crippen molar-refractivity contribution < 1.29 is 28.8 Å². The first-order chi connectivity index (χ1) is 15.5. The lowest BCUT2D eigenvalue weighted by Gasteiger charge is -2.12. The third-order valence-electron chi connectivity index (χ3n) is 4.85. The second kappa shape index (κ2) is 10.4. The zero-order valence-electron chi connectivity index (χ0n) is 18.6. The fourth-order valence-corrected chi connectivity index (χ4v) is 3.30. The molecule has 2 N–H and O–H groups in total. The number of nitrogens with one attached hydrogen (secondary N) is 1. The van der Waals surface area contributed by atoms with Gasteiger partial charge in [-0.3, -0.25) is 0 Å². The van der Waals surface area contributed by atoms with Gasteiger partial charge in [-0.05, 0) is 49.2 Å². The number of carbonyl (C=O) groups excluding carboxylic acids is 1. The van der Waals surface area contributed by atoms with Crippen molar-refractivity contribution in [3.63, 3.8) is 0 Å². The van der Waals surface area contributed by atoms with E-state index in [2.05, 4.69) is 4.98 Å². The highest BCUT2D eigenvalue weighted by molar-refractivity contribution is 5.95. The van der Waals surface area contributed by atoms with Crippen LogP contribution in [0.15, 0.2) is 54.5 Å². The molecule has 0 bridgehead atoms. The van der Waals surface area contributed by atoms with Gasteiger partial charge in [0.25, 0.3) is 5.95 Å². The Morgan fingerprint density at radius 3 is 2.56 bits per heavy atom. The van der Waals surface area contributed by atoms with Gasteiger partial charge in [-0.25, -0.2) is 4.79 Å². The van der Waals surface area contributed by atoms with E-state index in [4.69, 9.17) is 18.9 Å². The molecule has 0 aliphatic rings. The lowest BCUT2D eigenvalue weighted by Crippen LogP contribution is -2.04. The van der Waals surface area contributed by atoms with E-state index in [1.165, 1.54) is 6.08 Å². The first kappa shape index (κ1) is 22.8. The number of aromatic amines is 1. The third kappa shape index (κ3) is 5.24. The minimum atomic E-state index is -0.417. The number of aromatic nitrogens is 1. The van der Waals surface area contributed by atoms with Crippen LogP contribution < -0.4 is 14.2 Å². The van der Waals surface area contributed by atoms with Crippen molar-refractivity contribution in [1.82, 2.24) is 4.98 Å². The van der Waals surface area contributed by atoms with Crippen molar-refractivity contribution in [3.05, 3.63) is 71.3 Å². The highest BCUT2D eigenvalue weighted by Crippen LogP contribution is 2.30. The number of fused-ring (bicyclic) bond motifs is 1. The molecule has 0 spiro atoms. The van der Waals surface area contributed by atoms with Gasteiger partial charge in [0.15, 0.2) is 0 Å². The van der Waals surface area contributed by atoms with Crippen LogP contribution in [0.4, 0.5) is 0 Å². The van der Waals surface area contributed by atoms with Crippen LogP contribution in [0.25, 0.3) is 17.0 Å². The molecule has 0 fully saturated rings. The Morgan fingerprint density at radius 2 is 1.88 bits per heavy atom. The number of aliphatic hydroxyl groups is 1. The Hall–Kier alpha value is -3.87. The summed E-state index contributed by atoms with van der Waals surface area (Å²) in [5.41, 5.74) is 3.09. The molecule has 168 valence electrons. The second-order valence-corrected chi connectivity index (χ2v) is 6.87. The monoisotopic (exact) mass is 437 g/mol. The molecule has 0 saturated heterocycles. The SMILES string of the molecule is CCOC(=O)c1cc2cc(O/C(O)=C/C=C/c3c(CC)cc(OC)cc3OC)ccc2[nH]1. The van der Waals surface area contributed by atoms with Crippen LogP contribution in [0, 0.1) is 0 Å². The summed E-state index contributed by atoms with van der Waals surface area (Å²) in [6.45, 7) is 4.10. The highest BCUT2D eigenvalue weighted by Gasteiger charge is 2.11. The minimum Gasteiger partial charge on any atom is -0.497 e. The van der Waals surface area contributed by atoms with Gasteiger partial charge in [-0.15, -0.1) is 0 Å². The first-order valence-corrected chi connectivity index (χ1v) is 10.3. The van der Waals surface area contributed by atoms with E-state index in [0.29, 0.717) is 23.8 Å². The summed E-state index contributed by atoms with van der Waals surface area (Å²) in [5.74, 6) is 1.16. The molecule has 2 aromatic carbocycles. The smallest absolute Gasteiger partial charge is 0.354 e. The maximum absolute atomic E-state index is 11.9. The number of H-pyrrole nitrogens is 1. The average molecular weight is 437 g/mol. The fourth-order valence-electron chi connectivity index (χ4n) is 3.30. The van der Waals surface area contributed by atoms with Gasteiger partial charge in [0, 0.05) is 28.6 Å². The van der Waals surface area contributed by atoms with Crippen LogP contribution in [0.2, 0.25) is 0 Å². The molecule has 0 radical (unpaired) electrons. The summed E-state index contributed by atoms with van der Waals surface area (Å²) < 4.78 is 21.3. The van der Waals surface area contributed by atoms with E-state index < -0.39 is 5.97 Å². The van der Waals surface area contributed by atoms with Crippen molar-refractivity contribution in [2.45, 2.75) is 20.3 Å². The topological polar surface area (TPSA) is 90.0 Å². The highest BCUT2D eigenvalue weighted by atomic mass is 16.6. The Kier molecular flexibility index (Phi) is 7.44. The molecule has 1 heterocycles. The number of aliphatic hydroxyl groups excluding tert-OH is 1. The predicted octanol–water partition coefficient (Wildman–Crippen LogP) is 5.42. The maximum atomic E-state index is 11.9. The molecule has 3 rings (SSSR count). The molecule has 0 atom stereocenters. The molecule has 0 aliphatic carbocycles. The van der Waals surface area contributed by atoms with Gasteiger partial charge in [-0.2, -0.15) is 0 Å². The molecular formula is C25H27NO6. The molecule has 0 saturated carbocycles. The standard InChI is InChI=1S/C25H27NO6/c1-5-16-12-19(29-3)15-23(30-4)20(16)8-7-9-24(27)32-18-10-11-21-17(13-18)14-22(26-21)25(28)31-6-2/h7-15,26-27H,5-6H2,1-4H3/b8-7+,24-9+. The third-order valence-corrected chi connectivity index (χ3v) is 4.85. The Balaban J connectivity index is 1.77. The van der Waals surface area contributed by atoms with Gasteiger partial charge in [-0.1, -0.05) is 19.1 Å². The van der Waals surface area contributed by atoms with Gasteiger partial charge >= 0.3 is 5.97 Å². The first-order valence-electron chi connectivity index (χ1n) is 10.3. The summed E-state index contributed by atoms with van der Waals surface area (Å²) >= 11 is 0. The van der Waals surface area contributed by atoms with E-state index in [1.807, 2.05) is 25.1 Å². The normalized spacial score (nSPS) is 11.7. The maximum Gasteiger partial charge on any atom is 0.354 e. The molecule has 1 aromatic heterocycles. The molecule has 7 heteroatoms. The second-order valence-electron chi connectivity index (χ2n) is 6.87. The summed E-state index contributed by atoms with van der Waals surface area (Å²) in [4.78, 5) is 14.9. The summed E-state index contributed by atoms with van der Waals surface area (Å²) in [7, 11) is 3.22. The van der Waals surface area contributed by atoms with Crippen LogP contribution in [-0.4, -0.2) is 36.9 Å². The number of carbonyl (C=O) groups is 1. The molecule has 32 heavy (non-hydrogen) atoms. The molecule has 3 aromatic rings. The average Bonchev–Trinajstić information content (AvgIpc) is 3.22. The Bertz CT molecular complexity index is 1130. The number of rotatable bonds is 9. The number of esters is 1. The van der Waals surface area contributed by atoms with Gasteiger partial charge in [0.05, 0.1) is 20.8 Å². The Morgan fingerprint density at radius 1 is 1.06 bits per heavy atom. The van der Waals surface area contributed by atoms with Crippen LogP contribution in [0.1, 0.15) is 35.5 Å². The molecule has 0 amide bonds. The van der Waals surface area contributed by atoms with Gasteiger partial charge in [0.1, 0.15) is 22.9 Å². The number of hydrogen-bond donors (Lipinski definition) is 2. The zero-order valence-corrected chi connectivity index (χ0v) is 18.6. The van der Waals surface area contributed by atoms with E-state index in [1.54, 1.807) is 51.5 Å². The zero-order chi connectivity index (χ0) is 23.1. The van der Waals surface area contributed by atoms with Crippen LogP contribution in [-0.2, 0) is 11.2 Å². The molecular weight excluding hydrogens is 410 g/mol.